The van der Waals surface area contributed by atoms with E-state index < -0.39 is 6.10 Å². The molecule has 0 spiro atoms. The third-order valence-corrected chi connectivity index (χ3v) is 3.78. The van der Waals surface area contributed by atoms with Gasteiger partial charge in [-0.15, -0.1) is 11.3 Å². The van der Waals surface area contributed by atoms with Crippen LogP contribution in [0.3, 0.4) is 0 Å². The van der Waals surface area contributed by atoms with Crippen LogP contribution in [0.2, 0.25) is 10.0 Å². The minimum Gasteiger partial charge on any atom is -0.386 e. The first-order valence-corrected chi connectivity index (χ1v) is 6.32. The molecule has 2 aromatic rings. The maximum absolute atomic E-state index is 9.94. The molecule has 0 amide bonds. The van der Waals surface area contributed by atoms with E-state index in [0.29, 0.717) is 21.5 Å². The molecule has 0 bridgehead atoms. The maximum atomic E-state index is 9.94. The van der Waals surface area contributed by atoms with Crippen LogP contribution >= 0.6 is 34.5 Å². The highest BCUT2D eigenvalue weighted by Crippen LogP contribution is 2.29. The first-order valence-electron chi connectivity index (χ1n) is 4.69. The van der Waals surface area contributed by atoms with Crippen molar-refractivity contribution in [1.29, 1.82) is 0 Å². The molecule has 1 aromatic carbocycles. The highest BCUT2D eigenvalue weighted by Gasteiger charge is 2.15. The second kappa shape index (κ2) is 5.15. The molecule has 2 nitrogen and oxygen atoms in total. The Morgan fingerprint density at radius 3 is 2.56 bits per heavy atom. The van der Waals surface area contributed by atoms with Crippen LogP contribution in [0.1, 0.15) is 16.7 Å². The highest BCUT2D eigenvalue weighted by atomic mass is 35.5. The monoisotopic (exact) mass is 273 g/mol. The Labute approximate surface area is 107 Å². The first-order chi connectivity index (χ1) is 7.68. The number of hydrogen-bond acceptors (Lipinski definition) is 3. The van der Waals surface area contributed by atoms with Gasteiger partial charge in [0, 0.05) is 28.0 Å². The fourth-order valence-corrected chi connectivity index (χ4v) is 2.58. The van der Waals surface area contributed by atoms with Gasteiger partial charge in [0.25, 0.3) is 0 Å². The highest BCUT2D eigenvalue weighted by molar-refractivity contribution is 7.09. The summed E-state index contributed by atoms with van der Waals surface area (Å²) in [6, 6.07) is 5.30. The van der Waals surface area contributed by atoms with Gasteiger partial charge in [-0.2, -0.15) is 0 Å². The van der Waals surface area contributed by atoms with E-state index in [2.05, 4.69) is 4.98 Å². The minimum atomic E-state index is -0.655. The van der Waals surface area contributed by atoms with Crippen molar-refractivity contribution in [2.75, 3.05) is 0 Å². The standard InChI is InChI=1S/C11H9Cl2NOS/c12-8-2-1-3-9(13)7(8)6-10(15)11-14-4-5-16-11/h1-5,10,15H,6H2. The lowest BCUT2D eigenvalue weighted by Crippen LogP contribution is -2.02. The number of thiazole rings is 1. The molecule has 16 heavy (non-hydrogen) atoms. The van der Waals surface area contributed by atoms with Crippen molar-refractivity contribution in [3.8, 4) is 0 Å². The molecule has 0 fully saturated rings. The summed E-state index contributed by atoms with van der Waals surface area (Å²) in [6.07, 6.45) is 1.39. The van der Waals surface area contributed by atoms with Gasteiger partial charge in [-0.25, -0.2) is 4.98 Å². The average molecular weight is 274 g/mol. The number of aliphatic hydroxyl groups is 1. The fraction of sp³-hybridized carbons (Fsp3) is 0.182. The van der Waals surface area contributed by atoms with Gasteiger partial charge in [-0.1, -0.05) is 29.3 Å². The molecule has 1 aromatic heterocycles. The van der Waals surface area contributed by atoms with Gasteiger partial charge in [0.15, 0.2) is 0 Å². The molecular formula is C11H9Cl2NOS. The smallest absolute Gasteiger partial charge is 0.121 e. The summed E-state index contributed by atoms with van der Waals surface area (Å²) < 4.78 is 0. The van der Waals surface area contributed by atoms with Gasteiger partial charge < -0.3 is 5.11 Å². The molecule has 0 aliphatic heterocycles. The van der Waals surface area contributed by atoms with E-state index >= 15 is 0 Å². The molecule has 0 saturated carbocycles. The summed E-state index contributed by atoms with van der Waals surface area (Å²) in [4.78, 5) is 4.05. The molecule has 2 rings (SSSR count). The number of halogens is 2. The van der Waals surface area contributed by atoms with E-state index in [1.54, 1.807) is 24.4 Å². The maximum Gasteiger partial charge on any atom is 0.121 e. The van der Waals surface area contributed by atoms with Gasteiger partial charge in [0.1, 0.15) is 11.1 Å². The lowest BCUT2D eigenvalue weighted by Gasteiger charge is -2.10. The van der Waals surface area contributed by atoms with Crippen molar-refractivity contribution in [2.24, 2.45) is 0 Å². The van der Waals surface area contributed by atoms with Crippen molar-refractivity contribution < 1.29 is 5.11 Å². The molecule has 1 unspecified atom stereocenters. The Bertz CT molecular complexity index is 453. The van der Waals surface area contributed by atoms with Gasteiger partial charge >= 0.3 is 0 Å². The van der Waals surface area contributed by atoms with Crippen LogP contribution in [0.5, 0.6) is 0 Å². The van der Waals surface area contributed by atoms with Crippen molar-refractivity contribution in [3.05, 3.63) is 50.4 Å². The van der Waals surface area contributed by atoms with Crippen LogP contribution in [-0.2, 0) is 6.42 Å². The number of nitrogens with zero attached hydrogens (tertiary/aromatic N) is 1. The van der Waals surface area contributed by atoms with E-state index in [1.165, 1.54) is 11.3 Å². The molecule has 0 saturated heterocycles. The normalized spacial score (nSPS) is 12.7. The Balaban J connectivity index is 2.21. The van der Waals surface area contributed by atoms with Crippen LogP contribution < -0.4 is 0 Å². The molecule has 0 aliphatic carbocycles. The van der Waals surface area contributed by atoms with Gasteiger partial charge in [0.05, 0.1) is 0 Å². The van der Waals surface area contributed by atoms with Crippen LogP contribution in [0, 0.1) is 0 Å². The van der Waals surface area contributed by atoms with Gasteiger partial charge in [-0.3, -0.25) is 0 Å². The number of benzene rings is 1. The Morgan fingerprint density at radius 1 is 1.31 bits per heavy atom. The van der Waals surface area contributed by atoms with Gasteiger partial charge in [0.2, 0.25) is 0 Å². The predicted molar refractivity (Wildman–Crippen MR) is 67.2 cm³/mol. The van der Waals surface area contributed by atoms with Crippen molar-refractivity contribution in [3.63, 3.8) is 0 Å². The zero-order valence-corrected chi connectivity index (χ0v) is 10.6. The second-order valence-electron chi connectivity index (χ2n) is 3.29. The first kappa shape index (κ1) is 11.9. The lowest BCUT2D eigenvalue weighted by molar-refractivity contribution is 0.178. The Kier molecular flexibility index (Phi) is 3.82. The summed E-state index contributed by atoms with van der Waals surface area (Å²) in [6.45, 7) is 0. The van der Waals surface area contributed by atoms with E-state index in [9.17, 15) is 5.11 Å². The molecule has 84 valence electrons. The lowest BCUT2D eigenvalue weighted by atomic mass is 10.1. The van der Waals surface area contributed by atoms with Crippen molar-refractivity contribution >= 4 is 34.5 Å². The van der Waals surface area contributed by atoms with Gasteiger partial charge in [-0.05, 0) is 17.7 Å². The minimum absolute atomic E-state index is 0.381. The fourth-order valence-electron chi connectivity index (χ4n) is 1.41. The second-order valence-corrected chi connectivity index (χ2v) is 5.03. The summed E-state index contributed by atoms with van der Waals surface area (Å²) in [7, 11) is 0. The molecule has 1 heterocycles. The predicted octanol–water partition coefficient (Wildman–Crippen LogP) is 3.73. The average Bonchev–Trinajstić information content (AvgIpc) is 2.76. The molecule has 0 radical (unpaired) electrons. The van der Waals surface area contributed by atoms with Crippen LogP contribution in [0.4, 0.5) is 0 Å². The van der Waals surface area contributed by atoms with Crippen molar-refractivity contribution in [1.82, 2.24) is 4.98 Å². The van der Waals surface area contributed by atoms with Crippen LogP contribution in [-0.4, -0.2) is 10.1 Å². The summed E-state index contributed by atoms with van der Waals surface area (Å²) >= 11 is 13.5. The molecular weight excluding hydrogens is 265 g/mol. The third-order valence-electron chi connectivity index (χ3n) is 2.20. The molecule has 5 heteroatoms. The van der Waals surface area contributed by atoms with Crippen LogP contribution in [0.25, 0.3) is 0 Å². The number of aromatic nitrogens is 1. The quantitative estimate of drug-likeness (QED) is 0.925. The summed E-state index contributed by atoms with van der Waals surface area (Å²) in [5, 5.41) is 13.6. The van der Waals surface area contributed by atoms with Crippen molar-refractivity contribution in [2.45, 2.75) is 12.5 Å². The number of aliphatic hydroxyl groups excluding tert-OH is 1. The van der Waals surface area contributed by atoms with Crippen LogP contribution in [0.15, 0.2) is 29.8 Å². The Morgan fingerprint density at radius 2 is 2.00 bits per heavy atom. The number of rotatable bonds is 3. The SMILES string of the molecule is OC(Cc1c(Cl)cccc1Cl)c1nccs1. The molecule has 1 N–H and O–H groups in total. The number of hydrogen-bond donors (Lipinski definition) is 1. The largest absolute Gasteiger partial charge is 0.386 e. The summed E-state index contributed by atoms with van der Waals surface area (Å²) in [5.74, 6) is 0. The third kappa shape index (κ3) is 2.55. The summed E-state index contributed by atoms with van der Waals surface area (Å²) in [5.41, 5.74) is 0.758. The molecule has 0 aliphatic rings. The van der Waals surface area contributed by atoms with E-state index in [1.807, 2.05) is 5.38 Å². The van der Waals surface area contributed by atoms with E-state index in [0.717, 1.165) is 5.56 Å². The van der Waals surface area contributed by atoms with E-state index in [-0.39, 0.29) is 0 Å². The zero-order valence-electron chi connectivity index (χ0n) is 8.23. The van der Waals surface area contributed by atoms with E-state index in [4.69, 9.17) is 23.2 Å². The topological polar surface area (TPSA) is 33.1 Å². The molecule has 1 atom stereocenters. The Hall–Kier alpha value is -0.610. The zero-order chi connectivity index (χ0) is 11.5.